The summed E-state index contributed by atoms with van der Waals surface area (Å²) in [5.74, 6) is 0. The number of nitrogens with one attached hydrogen (secondary N) is 2. The molecule has 2 rings (SSSR count). The third-order valence-corrected chi connectivity index (χ3v) is 3.44. The number of aromatic nitrogens is 1. The lowest BCUT2D eigenvalue weighted by Crippen LogP contribution is -2.30. The summed E-state index contributed by atoms with van der Waals surface area (Å²) in [5, 5.41) is 5.13. The number of rotatable bonds is 5. The molecule has 0 radical (unpaired) electrons. The van der Waals surface area contributed by atoms with Gasteiger partial charge in [0, 0.05) is 35.4 Å². The molecule has 2 aromatic rings. The van der Waals surface area contributed by atoms with Crippen molar-refractivity contribution in [3.8, 4) is 0 Å². The molecule has 0 aliphatic rings. The van der Waals surface area contributed by atoms with E-state index in [2.05, 4.69) is 15.6 Å². The van der Waals surface area contributed by atoms with Crippen molar-refractivity contribution in [2.45, 2.75) is 16.8 Å². The Bertz CT molecular complexity index is 650. The van der Waals surface area contributed by atoms with Gasteiger partial charge in [0.1, 0.15) is 0 Å². The first-order valence-electron chi connectivity index (χ1n) is 6.73. The van der Waals surface area contributed by atoms with E-state index in [1.165, 1.54) is 24.3 Å². The van der Waals surface area contributed by atoms with Gasteiger partial charge in [-0.3, -0.25) is 4.98 Å². The summed E-state index contributed by atoms with van der Waals surface area (Å²) in [7, 11) is 0. The zero-order valence-corrected chi connectivity index (χ0v) is 12.7. The molecule has 4 nitrogen and oxygen atoms in total. The summed E-state index contributed by atoms with van der Waals surface area (Å²) >= 11 is -0.223. The normalized spacial score (nSPS) is 11.1. The molecule has 0 bridgehead atoms. The molecule has 0 spiro atoms. The number of carbonyl (C=O) groups excluding carboxylic acids is 1. The van der Waals surface area contributed by atoms with Crippen molar-refractivity contribution in [1.82, 2.24) is 10.3 Å². The average molecular weight is 341 g/mol. The number of alkyl halides is 3. The van der Waals surface area contributed by atoms with Gasteiger partial charge in [-0.1, -0.05) is 12.1 Å². The molecule has 0 aliphatic carbocycles. The predicted molar refractivity (Wildman–Crippen MR) is 83.3 cm³/mol. The Hall–Kier alpha value is -2.22. The van der Waals surface area contributed by atoms with Gasteiger partial charge in [0.15, 0.2) is 0 Å². The minimum absolute atomic E-state index is 0.0174. The van der Waals surface area contributed by atoms with Crippen LogP contribution < -0.4 is 10.6 Å². The zero-order chi connectivity index (χ0) is 16.7. The lowest BCUT2D eigenvalue weighted by Gasteiger charge is -2.10. The molecule has 0 saturated carbocycles. The van der Waals surface area contributed by atoms with Crippen molar-refractivity contribution in [3.05, 3.63) is 54.4 Å². The second-order valence-corrected chi connectivity index (χ2v) is 5.67. The summed E-state index contributed by atoms with van der Waals surface area (Å²) in [6.45, 7) is 0.375. The third kappa shape index (κ3) is 6.60. The van der Waals surface area contributed by atoms with E-state index in [4.69, 9.17) is 0 Å². The molecule has 0 atom stereocenters. The van der Waals surface area contributed by atoms with Gasteiger partial charge in [-0.2, -0.15) is 13.2 Å². The van der Waals surface area contributed by atoms with E-state index in [9.17, 15) is 18.0 Å². The number of amides is 2. The first kappa shape index (κ1) is 17.1. The van der Waals surface area contributed by atoms with Gasteiger partial charge in [-0.15, -0.1) is 0 Å². The predicted octanol–water partition coefficient (Wildman–Crippen LogP) is 4.06. The van der Waals surface area contributed by atoms with E-state index in [1.54, 1.807) is 12.3 Å². The lowest BCUT2D eigenvalue weighted by molar-refractivity contribution is -0.0328. The van der Waals surface area contributed by atoms with E-state index in [-0.39, 0.29) is 16.7 Å². The molecule has 2 N–H and O–H groups in total. The topological polar surface area (TPSA) is 54.0 Å². The number of benzene rings is 1. The number of pyridine rings is 1. The van der Waals surface area contributed by atoms with Crippen molar-refractivity contribution in [3.63, 3.8) is 0 Å². The number of hydrogen-bond donors (Lipinski definition) is 2. The zero-order valence-electron chi connectivity index (χ0n) is 11.9. The van der Waals surface area contributed by atoms with Crippen LogP contribution in [0.15, 0.2) is 53.6 Å². The highest BCUT2D eigenvalue weighted by Gasteiger charge is 2.29. The third-order valence-electron chi connectivity index (χ3n) is 2.72. The van der Waals surface area contributed by atoms with E-state index >= 15 is 0 Å². The monoisotopic (exact) mass is 341 g/mol. The largest absolute Gasteiger partial charge is 0.446 e. The Morgan fingerprint density at radius 2 is 2.00 bits per heavy atom. The van der Waals surface area contributed by atoms with Crippen LogP contribution >= 0.6 is 11.8 Å². The van der Waals surface area contributed by atoms with E-state index in [0.29, 0.717) is 18.7 Å². The van der Waals surface area contributed by atoms with Crippen LogP contribution in [0.25, 0.3) is 0 Å². The highest BCUT2D eigenvalue weighted by molar-refractivity contribution is 8.00. The fourth-order valence-electron chi connectivity index (χ4n) is 1.80. The average Bonchev–Trinajstić information content (AvgIpc) is 2.47. The highest BCUT2D eigenvalue weighted by Crippen LogP contribution is 2.37. The van der Waals surface area contributed by atoms with E-state index < -0.39 is 11.5 Å². The summed E-state index contributed by atoms with van der Waals surface area (Å²) in [4.78, 5) is 15.9. The van der Waals surface area contributed by atoms with Crippen LogP contribution in [0.1, 0.15) is 5.69 Å². The molecule has 122 valence electrons. The van der Waals surface area contributed by atoms with Crippen LogP contribution in [0.5, 0.6) is 0 Å². The first-order valence-corrected chi connectivity index (χ1v) is 7.54. The van der Waals surface area contributed by atoms with Crippen LogP contribution in [0.2, 0.25) is 0 Å². The maximum atomic E-state index is 12.3. The molecule has 0 aliphatic heterocycles. The number of nitrogens with zero attached hydrogens (tertiary/aromatic N) is 1. The summed E-state index contributed by atoms with van der Waals surface area (Å²) < 4.78 is 37.0. The molecular weight excluding hydrogens is 327 g/mol. The van der Waals surface area contributed by atoms with Crippen LogP contribution in [0, 0.1) is 0 Å². The van der Waals surface area contributed by atoms with Gasteiger partial charge in [-0.25, -0.2) is 4.79 Å². The molecule has 8 heteroatoms. The molecular formula is C15H14F3N3OS. The molecule has 0 saturated heterocycles. The standard InChI is InChI=1S/C15H14F3N3OS/c16-15(17,18)23-13-6-3-5-12(10-13)21-14(22)20-9-7-11-4-1-2-8-19-11/h1-6,8,10H,7,9H2,(H2,20,21,22). The fraction of sp³-hybridized carbons (Fsp3) is 0.200. The lowest BCUT2D eigenvalue weighted by atomic mass is 10.3. The Morgan fingerprint density at radius 3 is 2.70 bits per heavy atom. The number of halogens is 3. The van der Waals surface area contributed by atoms with Gasteiger partial charge in [0.25, 0.3) is 0 Å². The van der Waals surface area contributed by atoms with Crippen LogP contribution in [-0.2, 0) is 6.42 Å². The van der Waals surface area contributed by atoms with Crippen LogP contribution in [0.4, 0.5) is 23.7 Å². The molecule has 23 heavy (non-hydrogen) atoms. The minimum atomic E-state index is -4.36. The van der Waals surface area contributed by atoms with Gasteiger partial charge in [0.2, 0.25) is 0 Å². The van der Waals surface area contributed by atoms with Gasteiger partial charge < -0.3 is 10.6 Å². The van der Waals surface area contributed by atoms with Crippen molar-refractivity contribution in [1.29, 1.82) is 0 Å². The van der Waals surface area contributed by atoms with E-state index in [0.717, 1.165) is 5.69 Å². The van der Waals surface area contributed by atoms with Crippen LogP contribution in [-0.4, -0.2) is 23.1 Å². The highest BCUT2D eigenvalue weighted by atomic mass is 32.2. The maximum Gasteiger partial charge on any atom is 0.446 e. The second-order valence-electron chi connectivity index (χ2n) is 4.53. The number of urea groups is 1. The quantitative estimate of drug-likeness (QED) is 0.807. The molecule has 1 aromatic carbocycles. The number of hydrogen-bond acceptors (Lipinski definition) is 3. The first-order chi connectivity index (χ1) is 10.9. The van der Waals surface area contributed by atoms with Gasteiger partial charge >= 0.3 is 11.5 Å². The number of carbonyl (C=O) groups is 1. The van der Waals surface area contributed by atoms with Gasteiger partial charge in [0.05, 0.1) is 0 Å². The summed E-state index contributed by atoms with van der Waals surface area (Å²) in [6, 6.07) is 10.6. The molecule has 0 unspecified atom stereocenters. The van der Waals surface area contributed by atoms with Crippen molar-refractivity contribution < 1.29 is 18.0 Å². The minimum Gasteiger partial charge on any atom is -0.337 e. The van der Waals surface area contributed by atoms with Gasteiger partial charge in [-0.05, 0) is 42.1 Å². The van der Waals surface area contributed by atoms with Crippen molar-refractivity contribution in [2.75, 3.05) is 11.9 Å². The summed E-state index contributed by atoms with van der Waals surface area (Å²) in [5.41, 5.74) is -3.21. The Labute approximate surface area is 135 Å². The molecule has 1 aromatic heterocycles. The molecule has 1 heterocycles. The number of anilines is 1. The SMILES string of the molecule is O=C(NCCc1ccccn1)Nc1cccc(SC(F)(F)F)c1. The van der Waals surface area contributed by atoms with E-state index in [1.807, 2.05) is 12.1 Å². The molecule has 2 amide bonds. The van der Waals surface area contributed by atoms with Crippen LogP contribution in [0.3, 0.4) is 0 Å². The smallest absolute Gasteiger partial charge is 0.337 e. The van der Waals surface area contributed by atoms with Crippen molar-refractivity contribution >= 4 is 23.5 Å². The Balaban J connectivity index is 1.82. The maximum absolute atomic E-state index is 12.3. The number of thioether (sulfide) groups is 1. The summed E-state index contributed by atoms with van der Waals surface area (Å²) in [6.07, 6.45) is 2.23. The Kier molecular flexibility index (Phi) is 5.86. The van der Waals surface area contributed by atoms with Crippen molar-refractivity contribution in [2.24, 2.45) is 0 Å². The molecule has 0 fully saturated rings. The Morgan fingerprint density at radius 1 is 1.17 bits per heavy atom. The fourth-order valence-corrected chi connectivity index (χ4v) is 2.40. The second kappa shape index (κ2) is 7.87.